The number of Topliss-reactive ketones (excluding diaryl/α,β-unsaturated/α-hetero) is 1. The van der Waals surface area contributed by atoms with Gasteiger partial charge in [-0.1, -0.05) is 56.3 Å². The number of benzene rings is 2. The van der Waals surface area contributed by atoms with Gasteiger partial charge in [0.15, 0.2) is 5.78 Å². The number of carbonyl (C=O) groups excluding carboxylic acids is 1. The van der Waals surface area contributed by atoms with E-state index in [1.165, 1.54) is 10.5 Å². The summed E-state index contributed by atoms with van der Waals surface area (Å²) in [6, 6.07) is 18.7. The molecule has 0 unspecified atom stereocenters. The Morgan fingerprint density at radius 1 is 1.00 bits per heavy atom. The van der Waals surface area contributed by atoms with Crippen molar-refractivity contribution in [3.05, 3.63) is 71.4 Å². The van der Waals surface area contributed by atoms with Gasteiger partial charge in [0.2, 0.25) is 0 Å². The first-order valence-electron chi connectivity index (χ1n) is 8.37. The number of thioether (sulfide) groups is 1. The summed E-state index contributed by atoms with van der Waals surface area (Å²) >= 11 is 1.78. The van der Waals surface area contributed by atoms with Crippen molar-refractivity contribution in [2.45, 2.75) is 36.8 Å². The Morgan fingerprint density at radius 3 is 2.50 bits per heavy atom. The number of fused-ring (bicyclic) bond motifs is 1. The highest BCUT2D eigenvalue weighted by Crippen LogP contribution is 2.51. The zero-order chi connectivity index (χ0) is 16.7. The van der Waals surface area contributed by atoms with E-state index in [4.69, 9.17) is 0 Å². The summed E-state index contributed by atoms with van der Waals surface area (Å²) in [6.45, 7) is 4.36. The monoisotopic (exact) mass is 335 g/mol. The van der Waals surface area contributed by atoms with E-state index in [0.29, 0.717) is 6.42 Å². The summed E-state index contributed by atoms with van der Waals surface area (Å²) in [5.74, 6) is 0.280. The van der Waals surface area contributed by atoms with Crippen LogP contribution in [-0.2, 0) is 4.79 Å². The first-order chi connectivity index (χ1) is 11.5. The minimum atomic E-state index is 0.00804. The molecule has 0 saturated heterocycles. The maximum absolute atomic E-state index is 13.0. The van der Waals surface area contributed by atoms with Crippen LogP contribution in [-0.4, -0.2) is 5.78 Å². The van der Waals surface area contributed by atoms with Gasteiger partial charge >= 0.3 is 0 Å². The van der Waals surface area contributed by atoms with Crippen molar-refractivity contribution >= 4 is 23.2 Å². The van der Waals surface area contributed by atoms with Crippen molar-refractivity contribution < 1.29 is 4.79 Å². The third-order valence-electron chi connectivity index (χ3n) is 4.70. The average molecular weight is 335 g/mol. The molecule has 1 atom stereocenters. The zero-order valence-electron chi connectivity index (χ0n) is 14.0. The first kappa shape index (κ1) is 15.5. The van der Waals surface area contributed by atoms with Crippen LogP contribution in [0, 0.1) is 5.41 Å². The molecular formula is C21H21NOS. The molecule has 4 rings (SSSR count). The van der Waals surface area contributed by atoms with Crippen LogP contribution >= 0.6 is 11.8 Å². The van der Waals surface area contributed by atoms with Crippen molar-refractivity contribution in [2.75, 3.05) is 5.32 Å². The fraction of sp³-hybridized carbons (Fsp3) is 0.286. The number of hydrogen-bond acceptors (Lipinski definition) is 3. The molecule has 2 aliphatic rings. The van der Waals surface area contributed by atoms with Crippen molar-refractivity contribution in [1.29, 1.82) is 0 Å². The molecule has 24 heavy (non-hydrogen) atoms. The van der Waals surface area contributed by atoms with Gasteiger partial charge in [0, 0.05) is 22.6 Å². The second-order valence-electron chi connectivity index (χ2n) is 7.36. The van der Waals surface area contributed by atoms with Crippen LogP contribution in [0.25, 0.3) is 0 Å². The topological polar surface area (TPSA) is 29.1 Å². The lowest BCUT2D eigenvalue weighted by Crippen LogP contribution is -2.29. The number of hydrogen-bond donors (Lipinski definition) is 1. The van der Waals surface area contributed by atoms with Gasteiger partial charge in [0.1, 0.15) is 0 Å². The van der Waals surface area contributed by atoms with Gasteiger partial charge in [-0.15, -0.1) is 11.8 Å². The summed E-state index contributed by atoms with van der Waals surface area (Å²) in [5.41, 5.74) is 4.37. The zero-order valence-corrected chi connectivity index (χ0v) is 14.8. The molecule has 1 aliphatic carbocycles. The minimum Gasteiger partial charge on any atom is -0.358 e. The van der Waals surface area contributed by atoms with Crippen LogP contribution < -0.4 is 5.32 Å². The molecule has 2 nitrogen and oxygen atoms in total. The van der Waals surface area contributed by atoms with Gasteiger partial charge in [0.25, 0.3) is 0 Å². The van der Waals surface area contributed by atoms with Gasteiger partial charge in [-0.05, 0) is 29.5 Å². The summed E-state index contributed by atoms with van der Waals surface area (Å²) in [5, 5.41) is 3.64. The smallest absolute Gasteiger partial charge is 0.162 e. The van der Waals surface area contributed by atoms with Crippen molar-refractivity contribution in [2.24, 2.45) is 5.41 Å². The van der Waals surface area contributed by atoms with E-state index in [0.717, 1.165) is 23.4 Å². The van der Waals surface area contributed by atoms with Crippen LogP contribution in [0.2, 0.25) is 0 Å². The van der Waals surface area contributed by atoms with Gasteiger partial charge in [-0.2, -0.15) is 0 Å². The van der Waals surface area contributed by atoms with Gasteiger partial charge < -0.3 is 5.32 Å². The van der Waals surface area contributed by atoms with Crippen molar-refractivity contribution in [1.82, 2.24) is 0 Å². The Hall–Kier alpha value is -2.00. The summed E-state index contributed by atoms with van der Waals surface area (Å²) in [7, 11) is 0. The number of allylic oxidation sites excluding steroid dienone is 1. The number of rotatable bonds is 1. The lowest BCUT2D eigenvalue weighted by Gasteiger charge is -2.33. The third-order valence-corrected chi connectivity index (χ3v) is 6.06. The highest BCUT2D eigenvalue weighted by Gasteiger charge is 2.38. The Labute approximate surface area is 147 Å². The Morgan fingerprint density at radius 2 is 1.71 bits per heavy atom. The molecule has 0 spiro atoms. The molecule has 0 amide bonds. The molecule has 0 radical (unpaired) electrons. The van der Waals surface area contributed by atoms with Crippen LogP contribution in [0.3, 0.4) is 0 Å². The van der Waals surface area contributed by atoms with Gasteiger partial charge in [0.05, 0.1) is 10.9 Å². The predicted molar refractivity (Wildman–Crippen MR) is 100 cm³/mol. The molecule has 0 aromatic heterocycles. The maximum atomic E-state index is 13.0. The Kier molecular flexibility index (Phi) is 3.76. The van der Waals surface area contributed by atoms with E-state index in [2.05, 4.69) is 61.6 Å². The summed E-state index contributed by atoms with van der Waals surface area (Å²) in [6.07, 6.45) is 1.53. The van der Waals surface area contributed by atoms with Crippen molar-refractivity contribution in [3.63, 3.8) is 0 Å². The molecule has 1 aliphatic heterocycles. The fourth-order valence-corrected chi connectivity index (χ4v) is 4.98. The lowest BCUT2D eigenvalue weighted by molar-refractivity contribution is -0.118. The number of carbonyl (C=O) groups is 1. The molecule has 2 aromatic carbocycles. The van der Waals surface area contributed by atoms with Crippen LogP contribution in [0.1, 0.15) is 37.5 Å². The SMILES string of the molecule is CC1(C)CC(=O)C2=C(C1)Nc1ccccc1S[C@H]2c1ccccc1. The predicted octanol–water partition coefficient (Wildman–Crippen LogP) is 5.59. The molecule has 3 heteroatoms. The maximum Gasteiger partial charge on any atom is 0.162 e. The van der Waals surface area contributed by atoms with Crippen LogP contribution in [0.4, 0.5) is 5.69 Å². The highest BCUT2D eigenvalue weighted by molar-refractivity contribution is 8.00. The Balaban J connectivity index is 1.89. The summed E-state index contributed by atoms with van der Waals surface area (Å²) in [4.78, 5) is 14.2. The largest absolute Gasteiger partial charge is 0.358 e. The number of anilines is 1. The van der Waals surface area contributed by atoms with Crippen LogP contribution in [0.5, 0.6) is 0 Å². The van der Waals surface area contributed by atoms with E-state index in [-0.39, 0.29) is 16.4 Å². The molecular weight excluding hydrogens is 314 g/mol. The Bertz CT molecular complexity index is 823. The molecule has 1 heterocycles. The van der Waals surface area contributed by atoms with Gasteiger partial charge in [-0.3, -0.25) is 4.79 Å². The molecule has 2 aromatic rings. The van der Waals surface area contributed by atoms with Crippen molar-refractivity contribution in [3.8, 4) is 0 Å². The third kappa shape index (κ3) is 2.78. The molecule has 0 fully saturated rings. The van der Waals surface area contributed by atoms with E-state index >= 15 is 0 Å². The van der Waals surface area contributed by atoms with Crippen LogP contribution in [0.15, 0.2) is 70.8 Å². The molecule has 1 N–H and O–H groups in total. The second kappa shape index (κ2) is 5.82. The highest BCUT2D eigenvalue weighted by atomic mass is 32.2. The van der Waals surface area contributed by atoms with E-state index in [9.17, 15) is 4.79 Å². The first-order valence-corrected chi connectivity index (χ1v) is 9.25. The standard InChI is InChI=1S/C21H21NOS/c1-21(2)12-16-19(17(23)13-21)20(14-8-4-3-5-9-14)24-18-11-7-6-10-15(18)22-16/h3-11,20,22H,12-13H2,1-2H3/t20-/m0/s1. The van der Waals surface area contributed by atoms with E-state index < -0.39 is 0 Å². The number of para-hydroxylation sites is 1. The van der Waals surface area contributed by atoms with E-state index in [1.54, 1.807) is 11.8 Å². The quantitative estimate of drug-likeness (QED) is 0.736. The number of ketones is 1. The molecule has 0 bridgehead atoms. The second-order valence-corrected chi connectivity index (χ2v) is 8.51. The number of nitrogens with one attached hydrogen (secondary N) is 1. The summed E-state index contributed by atoms with van der Waals surface area (Å²) < 4.78 is 0. The van der Waals surface area contributed by atoms with Gasteiger partial charge in [-0.25, -0.2) is 0 Å². The minimum absolute atomic E-state index is 0.00804. The lowest BCUT2D eigenvalue weighted by atomic mass is 9.74. The van der Waals surface area contributed by atoms with E-state index in [1.807, 2.05) is 12.1 Å². The fourth-order valence-electron chi connectivity index (χ4n) is 3.63. The normalized spacial score (nSPS) is 22.2. The molecule has 0 saturated carbocycles. The molecule has 122 valence electrons. The average Bonchev–Trinajstić information content (AvgIpc) is 2.70.